The number of hydrogen-bond acceptors (Lipinski definition) is 4. The standard InChI is InChI=1S/C20H22N2O5/c23-17(24)14-22(15-8-3-1-4-9-15)19(26)20(11-5-2-6-12-20)21-18(25)16-10-7-13-27-16/h1,3-4,7-10,13H,2,5-6,11-12,14H2,(H,21,25)(H,23,24). The van der Waals surface area contributed by atoms with Crippen molar-refractivity contribution in [2.24, 2.45) is 0 Å². The second kappa shape index (κ2) is 8.07. The molecule has 0 saturated heterocycles. The minimum atomic E-state index is -1.15. The summed E-state index contributed by atoms with van der Waals surface area (Å²) in [5.41, 5.74) is -0.657. The van der Waals surface area contributed by atoms with Gasteiger partial charge in [0, 0.05) is 5.69 Å². The van der Waals surface area contributed by atoms with Crippen LogP contribution in [0.15, 0.2) is 53.1 Å². The molecule has 0 unspecified atom stereocenters. The lowest BCUT2D eigenvalue weighted by atomic mass is 9.80. The van der Waals surface area contributed by atoms with Crippen LogP contribution >= 0.6 is 0 Å². The highest BCUT2D eigenvalue weighted by Gasteiger charge is 2.44. The molecule has 3 rings (SSSR count). The largest absolute Gasteiger partial charge is 0.480 e. The topological polar surface area (TPSA) is 99.9 Å². The van der Waals surface area contributed by atoms with E-state index in [0.717, 1.165) is 19.3 Å². The predicted molar refractivity (Wildman–Crippen MR) is 98.4 cm³/mol. The number of carbonyl (C=O) groups excluding carboxylic acids is 2. The summed E-state index contributed by atoms with van der Waals surface area (Å²) in [6.45, 7) is -0.471. The maximum atomic E-state index is 13.5. The van der Waals surface area contributed by atoms with Gasteiger partial charge in [0.15, 0.2) is 5.76 Å². The van der Waals surface area contributed by atoms with Crippen molar-refractivity contribution in [2.45, 2.75) is 37.6 Å². The van der Waals surface area contributed by atoms with E-state index in [1.54, 1.807) is 36.4 Å². The fraction of sp³-hybridized carbons (Fsp3) is 0.350. The fourth-order valence-electron chi connectivity index (χ4n) is 3.52. The number of carboxylic acid groups (broad SMARTS) is 1. The summed E-state index contributed by atoms with van der Waals surface area (Å²) in [4.78, 5) is 38.7. The van der Waals surface area contributed by atoms with E-state index in [0.29, 0.717) is 18.5 Å². The maximum absolute atomic E-state index is 13.5. The third kappa shape index (κ3) is 4.19. The normalized spacial score (nSPS) is 15.7. The minimum Gasteiger partial charge on any atom is -0.480 e. The van der Waals surface area contributed by atoms with Crippen LogP contribution in [0.4, 0.5) is 5.69 Å². The second-order valence-electron chi connectivity index (χ2n) is 6.69. The lowest BCUT2D eigenvalue weighted by Crippen LogP contribution is -2.61. The van der Waals surface area contributed by atoms with Gasteiger partial charge in [-0.3, -0.25) is 19.3 Å². The molecule has 1 aliphatic carbocycles. The maximum Gasteiger partial charge on any atom is 0.323 e. The van der Waals surface area contributed by atoms with Crippen molar-refractivity contribution in [3.63, 3.8) is 0 Å². The van der Waals surface area contributed by atoms with Gasteiger partial charge < -0.3 is 14.8 Å². The molecule has 2 amide bonds. The van der Waals surface area contributed by atoms with Crippen molar-refractivity contribution in [2.75, 3.05) is 11.4 Å². The van der Waals surface area contributed by atoms with Crippen molar-refractivity contribution in [1.82, 2.24) is 5.32 Å². The molecule has 0 aliphatic heterocycles. The summed E-state index contributed by atoms with van der Waals surface area (Å²) >= 11 is 0. The molecule has 1 saturated carbocycles. The number of anilines is 1. The van der Waals surface area contributed by atoms with E-state index in [4.69, 9.17) is 4.42 Å². The molecule has 1 fully saturated rings. The average molecular weight is 370 g/mol. The number of benzene rings is 1. The van der Waals surface area contributed by atoms with Crippen LogP contribution in [0.1, 0.15) is 42.7 Å². The van der Waals surface area contributed by atoms with Crippen molar-refractivity contribution < 1.29 is 23.9 Å². The highest BCUT2D eigenvalue weighted by Crippen LogP contribution is 2.32. The number of para-hydroxylation sites is 1. The van der Waals surface area contributed by atoms with Gasteiger partial charge >= 0.3 is 5.97 Å². The number of carbonyl (C=O) groups is 3. The molecule has 1 heterocycles. The van der Waals surface area contributed by atoms with Crippen LogP contribution in [0.2, 0.25) is 0 Å². The Hall–Kier alpha value is -3.09. The molecule has 1 aromatic heterocycles. The highest BCUT2D eigenvalue weighted by molar-refractivity contribution is 6.06. The number of carboxylic acids is 1. The second-order valence-corrected chi connectivity index (χ2v) is 6.69. The van der Waals surface area contributed by atoms with Crippen LogP contribution in [-0.4, -0.2) is 35.0 Å². The summed E-state index contributed by atoms with van der Waals surface area (Å²) in [5.74, 6) is -1.87. The zero-order valence-electron chi connectivity index (χ0n) is 14.9. The van der Waals surface area contributed by atoms with E-state index < -0.39 is 29.9 Å². The first kappa shape index (κ1) is 18.7. The molecule has 1 aliphatic rings. The summed E-state index contributed by atoms with van der Waals surface area (Å²) in [6, 6.07) is 11.8. The van der Waals surface area contributed by atoms with Gasteiger partial charge in [0.1, 0.15) is 12.1 Å². The molecule has 142 valence electrons. The number of rotatable bonds is 6. The Labute approximate surface area is 157 Å². The first-order valence-electron chi connectivity index (χ1n) is 8.97. The molecule has 7 heteroatoms. The van der Waals surface area contributed by atoms with E-state index in [1.165, 1.54) is 17.2 Å². The van der Waals surface area contributed by atoms with Gasteiger partial charge in [-0.25, -0.2) is 0 Å². The van der Waals surface area contributed by atoms with Crippen LogP contribution in [0.3, 0.4) is 0 Å². The van der Waals surface area contributed by atoms with Crippen molar-refractivity contribution >= 4 is 23.5 Å². The van der Waals surface area contributed by atoms with Gasteiger partial charge in [-0.05, 0) is 37.1 Å². The van der Waals surface area contributed by atoms with Crippen molar-refractivity contribution in [1.29, 1.82) is 0 Å². The Bertz CT molecular complexity index is 795. The first-order valence-corrected chi connectivity index (χ1v) is 8.97. The molecule has 0 radical (unpaired) electrons. The summed E-state index contributed by atoms with van der Waals surface area (Å²) < 4.78 is 5.14. The number of hydrogen-bond donors (Lipinski definition) is 2. The van der Waals surface area contributed by atoms with Gasteiger partial charge in [0.05, 0.1) is 6.26 Å². The summed E-state index contributed by atoms with van der Waals surface area (Å²) in [6.07, 6.45) is 4.84. The Morgan fingerprint density at radius 3 is 2.33 bits per heavy atom. The molecule has 27 heavy (non-hydrogen) atoms. The minimum absolute atomic E-state index is 0.122. The Morgan fingerprint density at radius 2 is 1.74 bits per heavy atom. The average Bonchev–Trinajstić information content (AvgIpc) is 3.22. The zero-order valence-corrected chi connectivity index (χ0v) is 14.9. The molecule has 2 N–H and O–H groups in total. The van der Waals surface area contributed by atoms with Crippen LogP contribution in [0.25, 0.3) is 0 Å². The molecule has 2 aromatic rings. The molecule has 7 nitrogen and oxygen atoms in total. The van der Waals surface area contributed by atoms with Crippen LogP contribution in [-0.2, 0) is 9.59 Å². The molecule has 0 spiro atoms. The van der Waals surface area contributed by atoms with Crippen molar-refractivity contribution in [3.05, 3.63) is 54.5 Å². The fourth-order valence-corrected chi connectivity index (χ4v) is 3.52. The van der Waals surface area contributed by atoms with E-state index in [1.807, 2.05) is 0 Å². The van der Waals surface area contributed by atoms with E-state index >= 15 is 0 Å². The lowest BCUT2D eigenvalue weighted by Gasteiger charge is -2.39. The molecule has 0 atom stereocenters. The number of amides is 2. The van der Waals surface area contributed by atoms with E-state index in [-0.39, 0.29) is 5.76 Å². The van der Waals surface area contributed by atoms with Gasteiger partial charge in [-0.1, -0.05) is 37.5 Å². The van der Waals surface area contributed by atoms with Gasteiger partial charge in [-0.2, -0.15) is 0 Å². The van der Waals surface area contributed by atoms with Gasteiger partial charge in [-0.15, -0.1) is 0 Å². The van der Waals surface area contributed by atoms with E-state index in [9.17, 15) is 19.5 Å². The Morgan fingerprint density at radius 1 is 1.04 bits per heavy atom. The predicted octanol–water partition coefficient (Wildman–Crippen LogP) is 2.83. The van der Waals surface area contributed by atoms with E-state index in [2.05, 4.69) is 5.32 Å². The van der Waals surface area contributed by atoms with Crippen LogP contribution < -0.4 is 10.2 Å². The third-order valence-electron chi connectivity index (χ3n) is 4.82. The first-order chi connectivity index (χ1) is 13.0. The molecular weight excluding hydrogens is 348 g/mol. The molecule has 0 bridgehead atoms. The number of nitrogens with zero attached hydrogens (tertiary/aromatic N) is 1. The monoisotopic (exact) mass is 370 g/mol. The number of nitrogens with one attached hydrogen (secondary N) is 1. The van der Waals surface area contributed by atoms with Gasteiger partial charge in [0.2, 0.25) is 0 Å². The quantitative estimate of drug-likeness (QED) is 0.814. The van der Waals surface area contributed by atoms with Crippen molar-refractivity contribution in [3.8, 4) is 0 Å². The van der Waals surface area contributed by atoms with Gasteiger partial charge in [0.25, 0.3) is 11.8 Å². The van der Waals surface area contributed by atoms with Crippen LogP contribution in [0, 0.1) is 0 Å². The Balaban J connectivity index is 1.93. The Kier molecular flexibility index (Phi) is 5.59. The third-order valence-corrected chi connectivity index (χ3v) is 4.82. The zero-order chi connectivity index (χ0) is 19.3. The summed E-state index contributed by atoms with van der Waals surface area (Å²) in [5, 5.41) is 12.2. The summed E-state index contributed by atoms with van der Waals surface area (Å²) in [7, 11) is 0. The SMILES string of the molecule is O=C(O)CN(C(=O)C1(NC(=O)c2ccco2)CCCCC1)c1ccccc1. The molecule has 1 aromatic carbocycles. The number of furan rings is 1. The smallest absolute Gasteiger partial charge is 0.323 e. The number of aliphatic carboxylic acids is 1. The lowest BCUT2D eigenvalue weighted by molar-refractivity contribution is -0.137. The molecular formula is C20H22N2O5. The van der Waals surface area contributed by atoms with Crippen LogP contribution in [0.5, 0.6) is 0 Å². The highest BCUT2D eigenvalue weighted by atomic mass is 16.4.